The third-order valence-electron chi connectivity index (χ3n) is 2.12. The molecule has 5 nitrogen and oxygen atoms in total. The average molecular weight is 273 g/mol. The summed E-state index contributed by atoms with van der Waals surface area (Å²) < 4.78 is 52.0. The monoisotopic (exact) mass is 273 g/mol. The average Bonchev–Trinajstić information content (AvgIpc) is 2.38. The SMILES string of the molecule is NNc1ncc(F)c(Nc2cc(F)c(F)c(F)c2)n1. The Morgan fingerprint density at radius 1 is 1.00 bits per heavy atom. The van der Waals surface area contributed by atoms with E-state index >= 15 is 0 Å². The maximum atomic E-state index is 13.4. The summed E-state index contributed by atoms with van der Waals surface area (Å²) in [7, 11) is 0. The molecular formula is C10H7F4N5. The van der Waals surface area contributed by atoms with Gasteiger partial charge < -0.3 is 5.32 Å². The van der Waals surface area contributed by atoms with Crippen LogP contribution in [0.1, 0.15) is 0 Å². The molecule has 0 aliphatic carbocycles. The summed E-state index contributed by atoms with van der Waals surface area (Å²) in [6.07, 6.45) is 0.806. The lowest BCUT2D eigenvalue weighted by Crippen LogP contribution is -2.12. The minimum absolute atomic E-state index is 0.105. The third-order valence-corrected chi connectivity index (χ3v) is 2.12. The number of nitrogens with one attached hydrogen (secondary N) is 2. The number of hydrogen-bond donors (Lipinski definition) is 3. The Balaban J connectivity index is 2.36. The van der Waals surface area contributed by atoms with Crippen LogP contribution in [0.25, 0.3) is 0 Å². The number of hydrogen-bond acceptors (Lipinski definition) is 5. The van der Waals surface area contributed by atoms with Crippen molar-refractivity contribution in [2.75, 3.05) is 10.7 Å². The summed E-state index contributed by atoms with van der Waals surface area (Å²) in [6, 6.07) is 1.32. The van der Waals surface area contributed by atoms with Crippen molar-refractivity contribution in [1.29, 1.82) is 0 Å². The predicted molar refractivity (Wildman–Crippen MR) is 59.4 cm³/mol. The summed E-state index contributed by atoms with van der Waals surface area (Å²) in [4.78, 5) is 7.07. The molecule has 0 aliphatic rings. The number of anilines is 3. The van der Waals surface area contributed by atoms with E-state index in [4.69, 9.17) is 5.84 Å². The first-order valence-corrected chi connectivity index (χ1v) is 4.92. The second kappa shape index (κ2) is 5.06. The van der Waals surface area contributed by atoms with Gasteiger partial charge in [-0.1, -0.05) is 0 Å². The molecule has 2 rings (SSSR count). The van der Waals surface area contributed by atoms with Gasteiger partial charge in [0.05, 0.1) is 6.20 Å². The minimum Gasteiger partial charge on any atom is -0.337 e. The Bertz CT molecular complexity index is 596. The fraction of sp³-hybridized carbons (Fsp3) is 0. The van der Waals surface area contributed by atoms with Crippen LogP contribution in [0.15, 0.2) is 18.3 Å². The molecule has 0 amide bonds. The maximum Gasteiger partial charge on any atom is 0.239 e. The molecule has 0 atom stereocenters. The molecule has 1 heterocycles. The van der Waals surface area contributed by atoms with E-state index in [9.17, 15) is 17.6 Å². The quantitative estimate of drug-likeness (QED) is 0.345. The van der Waals surface area contributed by atoms with Gasteiger partial charge in [0.2, 0.25) is 5.95 Å². The van der Waals surface area contributed by atoms with Crippen molar-refractivity contribution >= 4 is 17.5 Å². The van der Waals surface area contributed by atoms with Gasteiger partial charge >= 0.3 is 0 Å². The summed E-state index contributed by atoms with van der Waals surface area (Å²) in [5.41, 5.74) is 1.86. The fourth-order valence-corrected chi connectivity index (χ4v) is 1.29. The van der Waals surface area contributed by atoms with Gasteiger partial charge in [-0.3, -0.25) is 5.43 Å². The van der Waals surface area contributed by atoms with Crippen LogP contribution in [0.2, 0.25) is 0 Å². The van der Waals surface area contributed by atoms with Crippen molar-refractivity contribution in [3.05, 3.63) is 41.6 Å². The van der Waals surface area contributed by atoms with Crippen LogP contribution >= 0.6 is 0 Å². The maximum absolute atomic E-state index is 13.4. The van der Waals surface area contributed by atoms with Crippen LogP contribution < -0.4 is 16.6 Å². The van der Waals surface area contributed by atoms with E-state index in [1.165, 1.54) is 0 Å². The van der Waals surface area contributed by atoms with Gasteiger partial charge in [-0.2, -0.15) is 4.98 Å². The summed E-state index contributed by atoms with van der Waals surface area (Å²) in [6.45, 7) is 0. The lowest BCUT2D eigenvalue weighted by molar-refractivity contribution is 0.448. The molecule has 100 valence electrons. The van der Waals surface area contributed by atoms with Gasteiger partial charge in [-0.15, -0.1) is 0 Å². The zero-order chi connectivity index (χ0) is 14.0. The molecule has 2 aromatic rings. The number of benzene rings is 1. The van der Waals surface area contributed by atoms with Gasteiger partial charge in [0.15, 0.2) is 29.1 Å². The largest absolute Gasteiger partial charge is 0.337 e. The zero-order valence-electron chi connectivity index (χ0n) is 9.22. The van der Waals surface area contributed by atoms with Crippen LogP contribution in [0.4, 0.5) is 35.0 Å². The second-order valence-corrected chi connectivity index (χ2v) is 3.41. The molecule has 0 bridgehead atoms. The van der Waals surface area contributed by atoms with E-state index in [2.05, 4.69) is 20.7 Å². The number of aromatic nitrogens is 2. The number of hydrazine groups is 1. The van der Waals surface area contributed by atoms with Gasteiger partial charge in [0.25, 0.3) is 0 Å². The Morgan fingerprint density at radius 2 is 1.63 bits per heavy atom. The van der Waals surface area contributed by atoms with Crippen molar-refractivity contribution in [3.63, 3.8) is 0 Å². The lowest BCUT2D eigenvalue weighted by atomic mass is 10.3. The topological polar surface area (TPSA) is 75.9 Å². The lowest BCUT2D eigenvalue weighted by Gasteiger charge is -2.08. The van der Waals surface area contributed by atoms with Gasteiger partial charge in [-0.05, 0) is 0 Å². The van der Waals surface area contributed by atoms with Crippen LogP contribution in [-0.2, 0) is 0 Å². The zero-order valence-corrected chi connectivity index (χ0v) is 9.22. The molecule has 0 unspecified atom stereocenters. The van der Waals surface area contributed by atoms with E-state index < -0.39 is 23.3 Å². The number of nitrogens with two attached hydrogens (primary N) is 1. The Hall–Kier alpha value is -2.42. The molecule has 19 heavy (non-hydrogen) atoms. The molecular weight excluding hydrogens is 266 g/mol. The van der Waals surface area contributed by atoms with Crippen LogP contribution in [0.5, 0.6) is 0 Å². The normalized spacial score (nSPS) is 10.4. The molecule has 1 aromatic heterocycles. The molecule has 9 heteroatoms. The highest BCUT2D eigenvalue weighted by atomic mass is 19.2. The summed E-state index contributed by atoms with van der Waals surface area (Å²) >= 11 is 0. The minimum atomic E-state index is -1.61. The molecule has 0 saturated heterocycles. The highest BCUT2D eigenvalue weighted by molar-refractivity contribution is 5.57. The fourth-order valence-electron chi connectivity index (χ4n) is 1.29. The van der Waals surface area contributed by atoms with E-state index in [-0.39, 0.29) is 17.5 Å². The molecule has 0 fully saturated rings. The first-order valence-electron chi connectivity index (χ1n) is 4.92. The first kappa shape index (κ1) is 13.0. The van der Waals surface area contributed by atoms with Crippen molar-refractivity contribution in [3.8, 4) is 0 Å². The number of rotatable bonds is 3. The molecule has 0 aliphatic heterocycles. The Kier molecular flexibility index (Phi) is 3.47. The molecule has 0 saturated carbocycles. The molecule has 1 aromatic carbocycles. The van der Waals surface area contributed by atoms with Gasteiger partial charge in [0, 0.05) is 17.8 Å². The second-order valence-electron chi connectivity index (χ2n) is 3.41. The Morgan fingerprint density at radius 3 is 2.21 bits per heavy atom. The van der Waals surface area contributed by atoms with Crippen molar-refractivity contribution in [2.45, 2.75) is 0 Å². The number of halogens is 4. The summed E-state index contributed by atoms with van der Waals surface area (Å²) in [5.74, 6) is -0.737. The van der Waals surface area contributed by atoms with Crippen LogP contribution in [0.3, 0.4) is 0 Å². The van der Waals surface area contributed by atoms with E-state index in [0.29, 0.717) is 12.1 Å². The van der Waals surface area contributed by atoms with Crippen LogP contribution in [0, 0.1) is 23.3 Å². The standard InChI is InChI=1S/C10H7F4N5/c11-5-1-4(2-6(12)8(5)14)17-9-7(13)3-16-10(18-9)19-15/h1-3H,15H2,(H2,16,17,18,19). The highest BCUT2D eigenvalue weighted by Gasteiger charge is 2.13. The summed E-state index contributed by atoms with van der Waals surface area (Å²) in [5, 5.41) is 2.29. The van der Waals surface area contributed by atoms with Crippen molar-refractivity contribution in [2.24, 2.45) is 5.84 Å². The van der Waals surface area contributed by atoms with E-state index in [0.717, 1.165) is 6.20 Å². The van der Waals surface area contributed by atoms with E-state index in [1.807, 2.05) is 0 Å². The van der Waals surface area contributed by atoms with Crippen molar-refractivity contribution in [1.82, 2.24) is 9.97 Å². The van der Waals surface area contributed by atoms with E-state index in [1.54, 1.807) is 0 Å². The predicted octanol–water partition coefficient (Wildman–Crippen LogP) is 2.06. The highest BCUT2D eigenvalue weighted by Crippen LogP contribution is 2.22. The third kappa shape index (κ3) is 2.71. The van der Waals surface area contributed by atoms with Crippen LogP contribution in [-0.4, -0.2) is 9.97 Å². The first-order chi connectivity index (χ1) is 9.01. The van der Waals surface area contributed by atoms with Crippen molar-refractivity contribution < 1.29 is 17.6 Å². The number of nitrogens with zero attached hydrogens (tertiary/aromatic N) is 2. The molecule has 0 spiro atoms. The molecule has 4 N–H and O–H groups in total. The molecule has 0 radical (unpaired) electrons. The van der Waals surface area contributed by atoms with Gasteiger partial charge in [0.1, 0.15) is 0 Å². The Labute approximate surface area is 104 Å². The number of nitrogen functional groups attached to an aromatic ring is 1. The smallest absolute Gasteiger partial charge is 0.239 e. The van der Waals surface area contributed by atoms with Gasteiger partial charge in [-0.25, -0.2) is 28.4 Å².